The molecule has 0 aliphatic rings. The molecule has 0 unspecified atom stereocenters. The molecule has 2 aromatic heterocycles. The predicted octanol–water partition coefficient (Wildman–Crippen LogP) is 1.57. The number of hydrogen-bond donors (Lipinski definition) is 1. The van der Waals surface area contributed by atoms with Crippen molar-refractivity contribution in [3.05, 3.63) is 23.5 Å². The number of fused-ring (bicyclic) bond motifs is 1. The Labute approximate surface area is 64.5 Å². The van der Waals surface area contributed by atoms with Crippen LogP contribution in [0.5, 0.6) is 0 Å². The van der Waals surface area contributed by atoms with Gasteiger partial charge in [0.2, 0.25) is 0 Å². The first-order chi connectivity index (χ1) is 5.27. The molecular weight excluding hydrogens is 138 g/mol. The summed E-state index contributed by atoms with van der Waals surface area (Å²) in [6.45, 7) is 4.05. The van der Waals surface area contributed by atoms with Crippen LogP contribution in [0.25, 0.3) is 11.0 Å². The zero-order valence-electron chi connectivity index (χ0n) is 6.55. The SMILES string of the molecule is Cc1cc2c(C)cnnc2[nH]1. The van der Waals surface area contributed by atoms with E-state index in [1.54, 1.807) is 6.20 Å². The van der Waals surface area contributed by atoms with Crippen LogP contribution in [0.15, 0.2) is 12.3 Å². The molecule has 2 aromatic rings. The van der Waals surface area contributed by atoms with E-state index in [2.05, 4.69) is 21.2 Å². The summed E-state index contributed by atoms with van der Waals surface area (Å²) in [6, 6.07) is 2.08. The van der Waals surface area contributed by atoms with Crippen molar-refractivity contribution in [2.45, 2.75) is 13.8 Å². The van der Waals surface area contributed by atoms with E-state index < -0.39 is 0 Å². The van der Waals surface area contributed by atoms with E-state index in [9.17, 15) is 0 Å². The van der Waals surface area contributed by atoms with Crippen molar-refractivity contribution in [3.8, 4) is 0 Å². The Bertz CT molecular complexity index is 389. The summed E-state index contributed by atoms with van der Waals surface area (Å²) in [5.41, 5.74) is 3.17. The van der Waals surface area contributed by atoms with Crippen LogP contribution < -0.4 is 0 Å². The zero-order chi connectivity index (χ0) is 7.84. The largest absolute Gasteiger partial charge is 0.342 e. The average Bonchev–Trinajstić information content (AvgIpc) is 2.31. The summed E-state index contributed by atoms with van der Waals surface area (Å²) in [4.78, 5) is 3.13. The Morgan fingerprint density at radius 2 is 2.18 bits per heavy atom. The third-order valence-electron chi connectivity index (χ3n) is 1.77. The van der Waals surface area contributed by atoms with Crippen LogP contribution >= 0.6 is 0 Å². The van der Waals surface area contributed by atoms with Gasteiger partial charge in [-0.25, -0.2) is 0 Å². The lowest BCUT2D eigenvalue weighted by Crippen LogP contribution is -1.83. The maximum atomic E-state index is 3.96. The number of aromatic amines is 1. The number of H-pyrrole nitrogens is 1. The Morgan fingerprint density at radius 3 is 2.91 bits per heavy atom. The second-order valence-electron chi connectivity index (χ2n) is 2.74. The van der Waals surface area contributed by atoms with Gasteiger partial charge in [-0.05, 0) is 25.5 Å². The quantitative estimate of drug-likeness (QED) is 0.614. The van der Waals surface area contributed by atoms with Gasteiger partial charge in [0, 0.05) is 11.1 Å². The van der Waals surface area contributed by atoms with Crippen LogP contribution in [-0.4, -0.2) is 15.2 Å². The van der Waals surface area contributed by atoms with Crippen molar-refractivity contribution in [3.63, 3.8) is 0 Å². The molecule has 56 valence electrons. The Morgan fingerprint density at radius 1 is 1.36 bits per heavy atom. The predicted molar refractivity (Wildman–Crippen MR) is 43.4 cm³/mol. The van der Waals surface area contributed by atoms with Gasteiger partial charge in [-0.15, -0.1) is 5.10 Å². The number of hydrogen-bond acceptors (Lipinski definition) is 2. The lowest BCUT2D eigenvalue weighted by Gasteiger charge is -1.89. The highest BCUT2D eigenvalue weighted by Gasteiger charge is 2.00. The molecule has 0 saturated heterocycles. The molecule has 3 nitrogen and oxygen atoms in total. The first-order valence-electron chi connectivity index (χ1n) is 3.55. The van der Waals surface area contributed by atoms with Crippen molar-refractivity contribution in [1.82, 2.24) is 15.2 Å². The van der Waals surface area contributed by atoms with E-state index in [0.29, 0.717) is 0 Å². The number of nitrogens with one attached hydrogen (secondary N) is 1. The fraction of sp³-hybridized carbons (Fsp3) is 0.250. The molecule has 0 aliphatic carbocycles. The Kier molecular flexibility index (Phi) is 1.18. The normalized spacial score (nSPS) is 10.7. The van der Waals surface area contributed by atoms with Crippen molar-refractivity contribution < 1.29 is 0 Å². The van der Waals surface area contributed by atoms with Crippen LogP contribution in [0.3, 0.4) is 0 Å². The van der Waals surface area contributed by atoms with Crippen molar-refractivity contribution in [2.75, 3.05) is 0 Å². The van der Waals surface area contributed by atoms with Gasteiger partial charge in [-0.1, -0.05) is 0 Å². The molecule has 0 saturated carbocycles. The van der Waals surface area contributed by atoms with Gasteiger partial charge in [0.1, 0.15) is 0 Å². The lowest BCUT2D eigenvalue weighted by atomic mass is 10.2. The highest BCUT2D eigenvalue weighted by Crippen LogP contribution is 2.14. The molecule has 0 fully saturated rings. The average molecular weight is 147 g/mol. The highest BCUT2D eigenvalue weighted by molar-refractivity contribution is 5.79. The van der Waals surface area contributed by atoms with Crippen LogP contribution in [-0.2, 0) is 0 Å². The number of nitrogens with zero attached hydrogens (tertiary/aromatic N) is 2. The first kappa shape index (κ1) is 6.34. The smallest absolute Gasteiger partial charge is 0.160 e. The van der Waals surface area contributed by atoms with Gasteiger partial charge in [-0.3, -0.25) is 0 Å². The number of aromatic nitrogens is 3. The Balaban J connectivity index is 2.90. The summed E-state index contributed by atoms with van der Waals surface area (Å²) >= 11 is 0. The molecule has 0 aromatic carbocycles. The van der Waals surface area contributed by atoms with Gasteiger partial charge < -0.3 is 4.98 Å². The zero-order valence-corrected chi connectivity index (χ0v) is 6.55. The molecule has 2 rings (SSSR count). The number of aryl methyl sites for hydroxylation is 2. The van der Waals surface area contributed by atoms with Crippen LogP contribution in [0.2, 0.25) is 0 Å². The summed E-state index contributed by atoms with van der Waals surface area (Å²) in [5, 5.41) is 8.97. The summed E-state index contributed by atoms with van der Waals surface area (Å²) in [6.07, 6.45) is 1.77. The monoisotopic (exact) mass is 147 g/mol. The first-order valence-corrected chi connectivity index (χ1v) is 3.55. The van der Waals surface area contributed by atoms with E-state index in [1.165, 1.54) is 5.56 Å². The molecule has 1 N–H and O–H groups in total. The van der Waals surface area contributed by atoms with E-state index in [0.717, 1.165) is 16.7 Å². The van der Waals surface area contributed by atoms with Crippen molar-refractivity contribution in [1.29, 1.82) is 0 Å². The maximum absolute atomic E-state index is 3.96. The molecule has 11 heavy (non-hydrogen) atoms. The van der Waals surface area contributed by atoms with Crippen LogP contribution in [0, 0.1) is 13.8 Å². The van der Waals surface area contributed by atoms with Crippen LogP contribution in [0.4, 0.5) is 0 Å². The second kappa shape index (κ2) is 2.05. The van der Waals surface area contributed by atoms with Gasteiger partial charge >= 0.3 is 0 Å². The minimum atomic E-state index is 0.877. The van der Waals surface area contributed by atoms with Crippen LogP contribution in [0.1, 0.15) is 11.3 Å². The Hall–Kier alpha value is -1.38. The molecule has 0 spiro atoms. The molecule has 2 heterocycles. The van der Waals surface area contributed by atoms with Gasteiger partial charge in [0.15, 0.2) is 5.65 Å². The molecule has 0 radical (unpaired) electrons. The maximum Gasteiger partial charge on any atom is 0.160 e. The van der Waals surface area contributed by atoms with E-state index in [4.69, 9.17) is 0 Å². The van der Waals surface area contributed by atoms with Gasteiger partial charge in [-0.2, -0.15) is 5.10 Å². The number of rotatable bonds is 0. The van der Waals surface area contributed by atoms with Crippen molar-refractivity contribution in [2.24, 2.45) is 0 Å². The molecule has 0 atom stereocenters. The minimum Gasteiger partial charge on any atom is -0.342 e. The molecule has 0 bridgehead atoms. The van der Waals surface area contributed by atoms with Gasteiger partial charge in [0.25, 0.3) is 0 Å². The topological polar surface area (TPSA) is 41.6 Å². The molecule has 0 amide bonds. The van der Waals surface area contributed by atoms with Crippen molar-refractivity contribution >= 4 is 11.0 Å². The fourth-order valence-corrected chi connectivity index (χ4v) is 1.20. The van der Waals surface area contributed by atoms with E-state index in [1.807, 2.05) is 13.8 Å². The standard InChI is InChI=1S/C8H9N3/c1-5-4-9-11-8-7(5)3-6(2)10-8/h3-4H,1-2H3,(H,10,11). The molecular formula is C8H9N3. The van der Waals surface area contributed by atoms with Gasteiger partial charge in [0.05, 0.1) is 6.20 Å². The van der Waals surface area contributed by atoms with E-state index in [-0.39, 0.29) is 0 Å². The summed E-state index contributed by atoms with van der Waals surface area (Å²) in [5.74, 6) is 0. The minimum absolute atomic E-state index is 0.877. The lowest BCUT2D eigenvalue weighted by molar-refractivity contribution is 1.04. The summed E-state index contributed by atoms with van der Waals surface area (Å²) in [7, 11) is 0. The molecule has 0 aliphatic heterocycles. The third-order valence-corrected chi connectivity index (χ3v) is 1.77. The van der Waals surface area contributed by atoms with E-state index >= 15 is 0 Å². The summed E-state index contributed by atoms with van der Waals surface area (Å²) < 4.78 is 0. The third kappa shape index (κ3) is 0.888. The second-order valence-corrected chi connectivity index (χ2v) is 2.74. The molecule has 3 heteroatoms. The fourth-order valence-electron chi connectivity index (χ4n) is 1.20. The highest BCUT2D eigenvalue weighted by atomic mass is 15.1.